The molecular weight excluding hydrogens is 266 g/mol. The molecule has 0 saturated carbocycles. The summed E-state index contributed by atoms with van der Waals surface area (Å²) in [7, 11) is 1.61. The molecule has 1 amide bonds. The van der Waals surface area contributed by atoms with E-state index in [1.54, 1.807) is 19.5 Å². The van der Waals surface area contributed by atoms with Gasteiger partial charge in [0, 0.05) is 37.6 Å². The zero-order valence-corrected chi connectivity index (χ0v) is 11.9. The lowest BCUT2D eigenvalue weighted by Gasteiger charge is -2.28. The lowest BCUT2D eigenvalue weighted by Crippen LogP contribution is -2.29. The van der Waals surface area contributed by atoms with E-state index >= 15 is 0 Å². The lowest BCUT2D eigenvalue weighted by molar-refractivity contribution is 0.0958. The Kier molecular flexibility index (Phi) is 3.73. The van der Waals surface area contributed by atoms with Crippen LogP contribution >= 0.6 is 0 Å². The van der Waals surface area contributed by atoms with E-state index in [-0.39, 0.29) is 5.91 Å². The number of rotatable bonds is 3. The minimum Gasteiger partial charge on any atom is -0.465 e. The highest BCUT2D eigenvalue weighted by Gasteiger charge is 2.17. The molecule has 1 aliphatic heterocycles. The minimum absolute atomic E-state index is 0.171. The molecule has 0 aromatic carbocycles. The number of hydrogen-bond donors (Lipinski definition) is 1. The van der Waals surface area contributed by atoms with E-state index in [1.807, 2.05) is 24.3 Å². The van der Waals surface area contributed by atoms with Gasteiger partial charge in [0.1, 0.15) is 11.5 Å². The summed E-state index contributed by atoms with van der Waals surface area (Å²) in [5, 5.41) is 2.60. The number of aromatic nitrogens is 1. The Bertz CT molecular complexity index is 662. The van der Waals surface area contributed by atoms with E-state index in [4.69, 9.17) is 4.42 Å². The first kappa shape index (κ1) is 13.4. The normalized spacial score (nSPS) is 14.7. The molecule has 0 spiro atoms. The van der Waals surface area contributed by atoms with E-state index in [2.05, 4.69) is 21.3 Å². The average molecular weight is 283 g/mol. The van der Waals surface area contributed by atoms with Gasteiger partial charge in [-0.15, -0.1) is 0 Å². The summed E-state index contributed by atoms with van der Waals surface area (Å²) in [5.74, 6) is 0.732. The highest BCUT2D eigenvalue weighted by Crippen LogP contribution is 2.25. The van der Waals surface area contributed by atoms with Crippen molar-refractivity contribution in [2.24, 2.45) is 0 Å². The zero-order chi connectivity index (χ0) is 14.7. The van der Waals surface area contributed by atoms with Gasteiger partial charge in [-0.25, -0.2) is 0 Å². The molecule has 5 heteroatoms. The van der Waals surface area contributed by atoms with Crippen LogP contribution in [0.25, 0.3) is 5.57 Å². The van der Waals surface area contributed by atoms with Gasteiger partial charge in [0.2, 0.25) is 0 Å². The van der Waals surface area contributed by atoms with Gasteiger partial charge in [-0.2, -0.15) is 0 Å². The monoisotopic (exact) mass is 283 g/mol. The molecule has 0 saturated heterocycles. The number of carbonyl (C=O) groups is 1. The summed E-state index contributed by atoms with van der Waals surface area (Å²) in [4.78, 5) is 18.0. The van der Waals surface area contributed by atoms with E-state index < -0.39 is 0 Å². The molecule has 108 valence electrons. The number of nitrogens with one attached hydrogen (secondary N) is 1. The molecule has 1 aliphatic rings. The van der Waals surface area contributed by atoms with Crippen molar-refractivity contribution in [1.29, 1.82) is 0 Å². The van der Waals surface area contributed by atoms with Crippen LogP contribution in [0.2, 0.25) is 0 Å². The molecule has 5 nitrogen and oxygen atoms in total. The first-order valence-electron chi connectivity index (χ1n) is 6.94. The third-order valence-corrected chi connectivity index (χ3v) is 3.56. The Morgan fingerprint density at radius 1 is 1.43 bits per heavy atom. The number of anilines is 1. The standard InChI is InChI=1S/C16H17N3O2/c1-17-16(20)14-10-13(6-7-18-14)19-8-2-4-12(11-19)15-5-3-9-21-15/h3-7,9-10H,2,8,11H2,1H3,(H,17,20). The summed E-state index contributed by atoms with van der Waals surface area (Å²) in [6, 6.07) is 7.62. The predicted octanol–water partition coefficient (Wildman–Crippen LogP) is 2.33. The predicted molar refractivity (Wildman–Crippen MR) is 81.1 cm³/mol. The van der Waals surface area contributed by atoms with Crippen LogP contribution in [0.3, 0.4) is 0 Å². The van der Waals surface area contributed by atoms with Crippen LogP contribution in [-0.2, 0) is 0 Å². The molecule has 2 aromatic heterocycles. The second kappa shape index (κ2) is 5.83. The van der Waals surface area contributed by atoms with Crippen LogP contribution in [0, 0.1) is 0 Å². The second-order valence-corrected chi connectivity index (χ2v) is 4.90. The summed E-state index contributed by atoms with van der Waals surface area (Å²) in [5.41, 5.74) is 2.61. The molecule has 0 fully saturated rings. The van der Waals surface area contributed by atoms with E-state index in [0.717, 1.165) is 31.0 Å². The van der Waals surface area contributed by atoms with Crippen molar-refractivity contribution < 1.29 is 9.21 Å². The van der Waals surface area contributed by atoms with E-state index in [0.29, 0.717) is 5.69 Å². The number of hydrogen-bond acceptors (Lipinski definition) is 4. The van der Waals surface area contributed by atoms with Crippen LogP contribution in [0.4, 0.5) is 5.69 Å². The first-order chi connectivity index (χ1) is 10.3. The Labute approximate surface area is 123 Å². The first-order valence-corrected chi connectivity index (χ1v) is 6.94. The molecule has 2 aromatic rings. The molecule has 0 bridgehead atoms. The molecular formula is C16H17N3O2. The lowest BCUT2D eigenvalue weighted by atomic mass is 10.1. The van der Waals surface area contributed by atoms with Crippen LogP contribution in [0.15, 0.2) is 47.2 Å². The number of amides is 1. The van der Waals surface area contributed by atoms with Crippen molar-refractivity contribution in [3.8, 4) is 0 Å². The average Bonchev–Trinajstić information content (AvgIpc) is 3.09. The maximum Gasteiger partial charge on any atom is 0.269 e. The van der Waals surface area contributed by atoms with Gasteiger partial charge >= 0.3 is 0 Å². The number of furan rings is 1. The molecule has 3 heterocycles. The summed E-state index contributed by atoms with van der Waals surface area (Å²) >= 11 is 0. The van der Waals surface area contributed by atoms with Crippen molar-refractivity contribution in [2.45, 2.75) is 6.42 Å². The Morgan fingerprint density at radius 3 is 3.10 bits per heavy atom. The van der Waals surface area contributed by atoms with E-state index in [9.17, 15) is 4.79 Å². The van der Waals surface area contributed by atoms with Gasteiger partial charge in [0.15, 0.2) is 0 Å². The third-order valence-electron chi connectivity index (χ3n) is 3.56. The van der Waals surface area contributed by atoms with Crippen molar-refractivity contribution >= 4 is 17.2 Å². The van der Waals surface area contributed by atoms with Crippen LogP contribution in [0.1, 0.15) is 22.7 Å². The number of carbonyl (C=O) groups excluding carboxylic acids is 1. The van der Waals surface area contributed by atoms with Gasteiger partial charge in [0.25, 0.3) is 5.91 Å². The third kappa shape index (κ3) is 2.81. The topological polar surface area (TPSA) is 58.4 Å². The second-order valence-electron chi connectivity index (χ2n) is 4.90. The molecule has 21 heavy (non-hydrogen) atoms. The van der Waals surface area contributed by atoms with Crippen molar-refractivity contribution in [1.82, 2.24) is 10.3 Å². The van der Waals surface area contributed by atoms with E-state index in [1.165, 1.54) is 5.57 Å². The number of nitrogens with zero attached hydrogens (tertiary/aromatic N) is 2. The van der Waals surface area contributed by atoms with Gasteiger partial charge in [-0.1, -0.05) is 6.08 Å². The van der Waals surface area contributed by atoms with Gasteiger partial charge < -0.3 is 14.6 Å². The molecule has 3 rings (SSSR count). The Hall–Kier alpha value is -2.56. The van der Waals surface area contributed by atoms with Gasteiger partial charge in [0.05, 0.1) is 6.26 Å². The van der Waals surface area contributed by atoms with Crippen molar-refractivity contribution in [3.05, 3.63) is 54.3 Å². The quantitative estimate of drug-likeness (QED) is 0.939. The SMILES string of the molecule is CNC(=O)c1cc(N2CCC=C(c3ccco3)C2)ccn1. The number of pyridine rings is 1. The fourth-order valence-electron chi connectivity index (χ4n) is 2.47. The summed E-state index contributed by atoms with van der Waals surface area (Å²) in [6.07, 6.45) is 6.51. The fraction of sp³-hybridized carbons (Fsp3) is 0.250. The fourth-order valence-corrected chi connectivity index (χ4v) is 2.47. The molecule has 0 unspecified atom stereocenters. The zero-order valence-electron chi connectivity index (χ0n) is 11.9. The summed E-state index contributed by atoms with van der Waals surface area (Å²) in [6.45, 7) is 1.69. The Morgan fingerprint density at radius 2 is 2.33 bits per heavy atom. The minimum atomic E-state index is -0.171. The maximum atomic E-state index is 11.7. The maximum absolute atomic E-state index is 11.7. The molecule has 0 radical (unpaired) electrons. The Balaban J connectivity index is 1.82. The van der Waals surface area contributed by atoms with Gasteiger partial charge in [-0.05, 0) is 30.7 Å². The molecule has 0 aliphatic carbocycles. The van der Waals surface area contributed by atoms with Crippen molar-refractivity contribution in [3.63, 3.8) is 0 Å². The molecule has 1 N–H and O–H groups in total. The largest absolute Gasteiger partial charge is 0.465 e. The summed E-state index contributed by atoms with van der Waals surface area (Å²) < 4.78 is 5.47. The van der Waals surface area contributed by atoms with Crippen LogP contribution < -0.4 is 10.2 Å². The van der Waals surface area contributed by atoms with Crippen LogP contribution in [-0.4, -0.2) is 31.0 Å². The molecule has 0 atom stereocenters. The van der Waals surface area contributed by atoms with Crippen molar-refractivity contribution in [2.75, 3.05) is 25.0 Å². The highest BCUT2D eigenvalue weighted by molar-refractivity contribution is 5.93. The van der Waals surface area contributed by atoms with Gasteiger partial charge in [-0.3, -0.25) is 9.78 Å². The van der Waals surface area contributed by atoms with Crippen LogP contribution in [0.5, 0.6) is 0 Å². The highest BCUT2D eigenvalue weighted by atomic mass is 16.3. The smallest absolute Gasteiger partial charge is 0.269 e.